The highest BCUT2D eigenvalue weighted by molar-refractivity contribution is 7.89. The number of pyridine rings is 1. The van der Waals surface area contributed by atoms with E-state index in [-0.39, 0.29) is 10.8 Å². The second kappa shape index (κ2) is 7.09. The zero-order chi connectivity index (χ0) is 18.0. The van der Waals surface area contributed by atoms with E-state index in [2.05, 4.69) is 4.98 Å². The van der Waals surface area contributed by atoms with Gasteiger partial charge in [0.25, 0.3) is 0 Å². The van der Waals surface area contributed by atoms with E-state index in [4.69, 9.17) is 5.11 Å². The molecule has 0 spiro atoms. The molecule has 1 aromatic heterocycles. The van der Waals surface area contributed by atoms with Crippen molar-refractivity contribution in [1.29, 1.82) is 0 Å². The summed E-state index contributed by atoms with van der Waals surface area (Å²) in [7, 11) is -3.58. The highest BCUT2D eigenvalue weighted by atomic mass is 32.2. The van der Waals surface area contributed by atoms with E-state index in [1.165, 1.54) is 4.31 Å². The lowest BCUT2D eigenvalue weighted by atomic mass is 9.90. The summed E-state index contributed by atoms with van der Waals surface area (Å²) < 4.78 is 27.5. The van der Waals surface area contributed by atoms with Gasteiger partial charge in [-0.15, -0.1) is 0 Å². The van der Waals surface area contributed by atoms with Crippen molar-refractivity contribution in [3.8, 4) is 0 Å². The largest absolute Gasteiger partial charge is 0.481 e. The quantitative estimate of drug-likeness (QED) is 0.884. The Bertz CT molecular complexity index is 882. The highest BCUT2D eigenvalue weighted by Gasteiger charge is 2.31. The molecular formula is C18H22N2O4S. The summed E-state index contributed by atoms with van der Waals surface area (Å²) in [6.07, 6.45) is 3.80. The summed E-state index contributed by atoms with van der Waals surface area (Å²) in [5.74, 6) is -1.21. The molecule has 2 unspecified atom stereocenters. The molecule has 1 aromatic carbocycles. The number of rotatable bonds is 5. The number of piperidine rings is 1. The Hall–Kier alpha value is -1.99. The first kappa shape index (κ1) is 17.8. The maximum absolute atomic E-state index is 13.0. The fourth-order valence-corrected chi connectivity index (χ4v) is 4.99. The Morgan fingerprint density at radius 2 is 2.20 bits per heavy atom. The van der Waals surface area contributed by atoms with Gasteiger partial charge in [0.2, 0.25) is 10.0 Å². The van der Waals surface area contributed by atoms with Crippen LogP contribution in [0, 0.1) is 11.8 Å². The molecule has 0 radical (unpaired) electrons. The SMILES string of the molecule is CC(CC1CCCN(S(=O)(=O)c2ccc3ncccc3c2)C1)C(=O)O. The van der Waals surface area contributed by atoms with E-state index < -0.39 is 21.9 Å². The Labute approximate surface area is 147 Å². The third kappa shape index (κ3) is 3.82. The molecule has 2 heterocycles. The Morgan fingerprint density at radius 1 is 1.40 bits per heavy atom. The smallest absolute Gasteiger partial charge is 0.306 e. The zero-order valence-corrected chi connectivity index (χ0v) is 14.9. The molecule has 3 rings (SSSR count). The monoisotopic (exact) mass is 362 g/mol. The molecule has 1 saturated heterocycles. The van der Waals surface area contributed by atoms with Crippen LogP contribution < -0.4 is 0 Å². The summed E-state index contributed by atoms with van der Waals surface area (Å²) in [5.41, 5.74) is 0.758. The lowest BCUT2D eigenvalue weighted by Crippen LogP contribution is -2.40. The molecule has 1 N–H and O–H groups in total. The number of hydrogen-bond donors (Lipinski definition) is 1. The van der Waals surface area contributed by atoms with Gasteiger partial charge in [-0.1, -0.05) is 13.0 Å². The van der Waals surface area contributed by atoms with Crippen molar-refractivity contribution in [2.75, 3.05) is 13.1 Å². The van der Waals surface area contributed by atoms with Crippen LogP contribution in [0.1, 0.15) is 26.2 Å². The van der Waals surface area contributed by atoms with Crippen molar-refractivity contribution in [3.63, 3.8) is 0 Å². The predicted octanol–water partition coefficient (Wildman–Crippen LogP) is 2.75. The van der Waals surface area contributed by atoms with Crippen molar-refractivity contribution in [3.05, 3.63) is 36.5 Å². The molecule has 134 valence electrons. The normalized spacial score (nSPS) is 20.4. The molecule has 2 atom stereocenters. The van der Waals surface area contributed by atoms with Gasteiger partial charge in [0.15, 0.2) is 0 Å². The number of aliphatic carboxylic acids is 1. The van der Waals surface area contributed by atoms with Gasteiger partial charge in [-0.05, 0) is 49.4 Å². The van der Waals surface area contributed by atoms with E-state index in [0.717, 1.165) is 23.7 Å². The lowest BCUT2D eigenvalue weighted by Gasteiger charge is -2.32. The minimum Gasteiger partial charge on any atom is -0.481 e. The van der Waals surface area contributed by atoms with Crippen LogP contribution in [0.25, 0.3) is 10.9 Å². The van der Waals surface area contributed by atoms with E-state index in [1.54, 1.807) is 37.4 Å². The van der Waals surface area contributed by atoms with E-state index in [9.17, 15) is 13.2 Å². The summed E-state index contributed by atoms with van der Waals surface area (Å²) in [6.45, 7) is 2.53. The van der Waals surface area contributed by atoms with E-state index in [0.29, 0.717) is 19.5 Å². The van der Waals surface area contributed by atoms with Crippen LogP contribution in [0.4, 0.5) is 0 Å². The molecule has 0 aliphatic carbocycles. The second-order valence-corrected chi connectivity index (χ2v) is 8.64. The maximum atomic E-state index is 13.0. The Kier molecular flexibility index (Phi) is 5.06. The minimum atomic E-state index is -3.58. The Balaban J connectivity index is 1.81. The molecular weight excluding hydrogens is 340 g/mol. The molecule has 0 amide bonds. The number of aromatic nitrogens is 1. The fraction of sp³-hybridized carbons (Fsp3) is 0.444. The van der Waals surface area contributed by atoms with Crippen molar-refractivity contribution >= 4 is 26.9 Å². The number of nitrogens with zero attached hydrogens (tertiary/aromatic N) is 2. The van der Waals surface area contributed by atoms with Crippen LogP contribution in [-0.2, 0) is 14.8 Å². The molecule has 2 aromatic rings. The maximum Gasteiger partial charge on any atom is 0.306 e. The number of carbonyl (C=O) groups is 1. The zero-order valence-electron chi connectivity index (χ0n) is 14.1. The van der Waals surface area contributed by atoms with Gasteiger partial charge in [0, 0.05) is 24.7 Å². The highest BCUT2D eigenvalue weighted by Crippen LogP contribution is 2.28. The van der Waals surface area contributed by atoms with Crippen LogP contribution in [0.15, 0.2) is 41.4 Å². The fourth-order valence-electron chi connectivity index (χ4n) is 3.40. The first-order valence-corrected chi connectivity index (χ1v) is 9.89. The molecule has 1 aliphatic rings. The van der Waals surface area contributed by atoms with Crippen LogP contribution in [0.2, 0.25) is 0 Å². The van der Waals surface area contributed by atoms with Crippen LogP contribution in [0.5, 0.6) is 0 Å². The third-order valence-corrected chi connectivity index (χ3v) is 6.66. The summed E-state index contributed by atoms with van der Waals surface area (Å²) in [4.78, 5) is 15.5. The third-order valence-electron chi connectivity index (χ3n) is 4.80. The molecule has 0 bridgehead atoms. The van der Waals surface area contributed by atoms with Crippen molar-refractivity contribution in [1.82, 2.24) is 9.29 Å². The number of hydrogen-bond acceptors (Lipinski definition) is 4. The number of sulfonamides is 1. The van der Waals surface area contributed by atoms with Crippen molar-refractivity contribution in [2.45, 2.75) is 31.1 Å². The van der Waals surface area contributed by atoms with Crippen molar-refractivity contribution < 1.29 is 18.3 Å². The predicted molar refractivity (Wildman–Crippen MR) is 94.6 cm³/mol. The van der Waals surface area contributed by atoms with Gasteiger partial charge in [-0.3, -0.25) is 9.78 Å². The molecule has 1 aliphatic heterocycles. The first-order valence-electron chi connectivity index (χ1n) is 8.45. The van der Waals surface area contributed by atoms with Crippen molar-refractivity contribution in [2.24, 2.45) is 11.8 Å². The second-order valence-electron chi connectivity index (χ2n) is 6.70. The van der Waals surface area contributed by atoms with Crippen LogP contribution >= 0.6 is 0 Å². The van der Waals surface area contributed by atoms with Gasteiger partial charge in [0.05, 0.1) is 16.3 Å². The van der Waals surface area contributed by atoms with Gasteiger partial charge in [-0.25, -0.2) is 8.42 Å². The van der Waals surface area contributed by atoms with Gasteiger partial charge in [0.1, 0.15) is 0 Å². The minimum absolute atomic E-state index is 0.0803. The van der Waals surface area contributed by atoms with Crippen LogP contribution in [-0.4, -0.2) is 41.9 Å². The number of carboxylic acids is 1. The number of benzene rings is 1. The average molecular weight is 362 g/mol. The van der Waals surface area contributed by atoms with Crippen LogP contribution in [0.3, 0.4) is 0 Å². The molecule has 25 heavy (non-hydrogen) atoms. The average Bonchev–Trinajstić information content (AvgIpc) is 2.61. The molecule has 7 heteroatoms. The van der Waals surface area contributed by atoms with E-state index >= 15 is 0 Å². The summed E-state index contributed by atoms with van der Waals surface area (Å²) in [6, 6.07) is 8.59. The Morgan fingerprint density at radius 3 is 2.96 bits per heavy atom. The topological polar surface area (TPSA) is 87.6 Å². The molecule has 1 fully saturated rings. The first-order chi connectivity index (χ1) is 11.9. The molecule has 6 nitrogen and oxygen atoms in total. The lowest BCUT2D eigenvalue weighted by molar-refractivity contribution is -0.141. The van der Waals surface area contributed by atoms with Gasteiger partial charge >= 0.3 is 5.97 Å². The molecule has 0 saturated carbocycles. The number of carboxylic acid groups (broad SMARTS) is 1. The van der Waals surface area contributed by atoms with Gasteiger partial charge in [-0.2, -0.15) is 4.31 Å². The summed E-state index contributed by atoms with van der Waals surface area (Å²) >= 11 is 0. The van der Waals surface area contributed by atoms with Gasteiger partial charge < -0.3 is 5.11 Å². The van der Waals surface area contributed by atoms with E-state index in [1.807, 2.05) is 6.07 Å². The summed E-state index contributed by atoms with van der Waals surface area (Å²) in [5, 5.41) is 9.87. The standard InChI is InChI=1S/C18H22N2O4S/c1-13(18(21)22)10-14-4-3-9-20(12-14)25(23,24)16-6-7-17-15(11-16)5-2-8-19-17/h2,5-8,11,13-14H,3-4,9-10,12H2,1H3,(H,21,22). The number of fused-ring (bicyclic) bond motifs is 1.